The quantitative estimate of drug-likeness (QED) is 0.352. The van der Waals surface area contributed by atoms with Crippen molar-refractivity contribution in [1.29, 1.82) is 0 Å². The lowest BCUT2D eigenvalue weighted by Crippen LogP contribution is -2.25. The first-order valence-electron chi connectivity index (χ1n) is 9.31. The number of H-pyrrole nitrogens is 1. The number of nitrogens with zero attached hydrogens (tertiary/aromatic N) is 2. The van der Waals surface area contributed by atoms with Gasteiger partial charge in [0.2, 0.25) is 5.91 Å². The highest BCUT2D eigenvalue weighted by atomic mass is 35.5. The first-order chi connectivity index (χ1) is 14.9. The molecule has 0 unspecified atom stereocenters. The fourth-order valence-corrected chi connectivity index (χ4v) is 4.64. The molecule has 2 N–H and O–H groups in total. The highest BCUT2D eigenvalue weighted by Crippen LogP contribution is 2.29. The molecule has 31 heavy (non-hydrogen) atoms. The van der Waals surface area contributed by atoms with E-state index in [9.17, 15) is 9.59 Å². The minimum atomic E-state index is -0.254. The predicted molar refractivity (Wildman–Crippen MR) is 128 cm³/mol. The molecular weight excluding hydrogens is 475 g/mol. The van der Waals surface area contributed by atoms with Crippen molar-refractivity contribution in [3.63, 3.8) is 0 Å². The molecule has 1 amide bonds. The maximum Gasteiger partial charge on any atom is 0.262 e. The summed E-state index contributed by atoms with van der Waals surface area (Å²) in [5, 5.41) is 4.79. The second kappa shape index (κ2) is 9.32. The van der Waals surface area contributed by atoms with Crippen LogP contribution in [-0.2, 0) is 17.8 Å². The van der Waals surface area contributed by atoms with Crippen LogP contribution in [0.4, 0.5) is 5.13 Å². The Balaban J connectivity index is 1.41. The normalized spacial score (nSPS) is 11.0. The van der Waals surface area contributed by atoms with Crippen LogP contribution in [0.2, 0.25) is 10.0 Å². The molecule has 0 fully saturated rings. The molecule has 0 aliphatic heterocycles. The zero-order chi connectivity index (χ0) is 22.0. The van der Waals surface area contributed by atoms with E-state index in [4.69, 9.17) is 35.4 Å². The largest absolute Gasteiger partial charge is 0.332 e. The average molecular weight is 491 g/mol. The van der Waals surface area contributed by atoms with Crippen LogP contribution < -0.4 is 10.9 Å². The van der Waals surface area contributed by atoms with E-state index in [1.54, 1.807) is 30.5 Å². The van der Waals surface area contributed by atoms with Gasteiger partial charge in [-0.3, -0.25) is 14.2 Å². The molecule has 2 aromatic heterocycles. The lowest BCUT2D eigenvalue weighted by molar-refractivity contribution is -0.116. The summed E-state index contributed by atoms with van der Waals surface area (Å²) in [4.78, 5) is 33.3. The van der Waals surface area contributed by atoms with E-state index in [-0.39, 0.29) is 29.2 Å². The number of para-hydroxylation sites is 1. The Hall–Kier alpha value is -2.52. The van der Waals surface area contributed by atoms with Crippen LogP contribution in [0, 0.1) is 4.77 Å². The Kier molecular flexibility index (Phi) is 6.52. The second-order valence-electron chi connectivity index (χ2n) is 6.75. The van der Waals surface area contributed by atoms with E-state index >= 15 is 0 Å². The third-order valence-electron chi connectivity index (χ3n) is 4.65. The number of nitrogens with one attached hydrogen (secondary N) is 2. The summed E-state index contributed by atoms with van der Waals surface area (Å²) < 4.78 is 1.68. The lowest BCUT2D eigenvalue weighted by Gasteiger charge is -2.08. The molecule has 158 valence electrons. The molecule has 6 nitrogen and oxygen atoms in total. The predicted octanol–water partition coefficient (Wildman–Crippen LogP) is 5.44. The van der Waals surface area contributed by atoms with Gasteiger partial charge in [0.1, 0.15) is 0 Å². The minimum Gasteiger partial charge on any atom is -0.332 e. The van der Waals surface area contributed by atoms with Crippen molar-refractivity contribution in [1.82, 2.24) is 14.5 Å². The van der Waals surface area contributed by atoms with E-state index in [1.165, 1.54) is 15.9 Å². The SMILES string of the molecule is O=C(CCn1c(=S)[nH]c2ccccc2c1=O)Nc1ncc(Cc2cccc(Cl)c2Cl)s1. The molecule has 10 heteroatoms. The van der Waals surface area contributed by atoms with Gasteiger partial charge in [0, 0.05) is 30.5 Å². The molecule has 0 spiro atoms. The number of anilines is 1. The van der Waals surface area contributed by atoms with Gasteiger partial charge < -0.3 is 10.3 Å². The number of rotatable bonds is 6. The van der Waals surface area contributed by atoms with Crippen LogP contribution in [0.5, 0.6) is 0 Å². The van der Waals surface area contributed by atoms with Crippen molar-refractivity contribution in [2.24, 2.45) is 0 Å². The van der Waals surface area contributed by atoms with Crippen LogP contribution in [0.15, 0.2) is 53.5 Å². The number of halogens is 2. The Labute approximate surface area is 196 Å². The van der Waals surface area contributed by atoms with Crippen molar-refractivity contribution >= 4 is 68.7 Å². The first kappa shape index (κ1) is 21.7. The molecular formula is C21H16Cl2N4O2S2. The lowest BCUT2D eigenvalue weighted by atomic mass is 10.1. The molecule has 4 aromatic rings. The summed E-state index contributed by atoms with van der Waals surface area (Å²) in [6, 6.07) is 12.6. The standard InChI is InChI=1S/C21H16Cl2N4O2S2/c22-15-6-3-4-12(18(15)23)10-13-11-24-20(31-13)26-17(28)8-9-27-19(29)14-5-1-2-7-16(14)25-21(27)30/h1-7,11H,8-10H2,(H,25,30)(H,24,26,28). The molecule has 0 aliphatic rings. The van der Waals surface area contributed by atoms with Crippen molar-refractivity contribution in [2.45, 2.75) is 19.4 Å². The summed E-state index contributed by atoms with van der Waals surface area (Å²) in [6.07, 6.45) is 2.35. The third kappa shape index (κ3) is 4.88. The van der Waals surface area contributed by atoms with E-state index < -0.39 is 0 Å². The van der Waals surface area contributed by atoms with Crippen LogP contribution in [-0.4, -0.2) is 20.4 Å². The number of thiazole rings is 1. The summed E-state index contributed by atoms with van der Waals surface area (Å²) in [5.41, 5.74) is 1.34. The van der Waals surface area contributed by atoms with Crippen molar-refractivity contribution < 1.29 is 4.79 Å². The van der Waals surface area contributed by atoms with Gasteiger partial charge in [-0.2, -0.15) is 0 Å². The fraction of sp³-hybridized carbons (Fsp3) is 0.143. The monoisotopic (exact) mass is 490 g/mol. The fourth-order valence-electron chi connectivity index (χ4n) is 3.12. The maximum absolute atomic E-state index is 12.7. The molecule has 0 bridgehead atoms. The van der Waals surface area contributed by atoms with E-state index in [1.807, 2.05) is 18.2 Å². The van der Waals surface area contributed by atoms with Crippen molar-refractivity contribution in [2.75, 3.05) is 5.32 Å². The summed E-state index contributed by atoms with van der Waals surface area (Å²) in [7, 11) is 0. The molecule has 0 aliphatic carbocycles. The van der Waals surface area contributed by atoms with E-state index in [0.717, 1.165) is 10.4 Å². The number of amides is 1. The Morgan fingerprint density at radius 1 is 1.19 bits per heavy atom. The molecule has 4 rings (SSSR count). The number of benzene rings is 2. The highest BCUT2D eigenvalue weighted by molar-refractivity contribution is 7.71. The van der Waals surface area contributed by atoms with Gasteiger partial charge in [-0.25, -0.2) is 4.98 Å². The smallest absolute Gasteiger partial charge is 0.262 e. The van der Waals surface area contributed by atoms with E-state index in [2.05, 4.69) is 15.3 Å². The Morgan fingerprint density at radius 2 is 2.00 bits per heavy atom. The zero-order valence-corrected chi connectivity index (χ0v) is 19.2. The first-order valence-corrected chi connectivity index (χ1v) is 11.3. The molecule has 2 heterocycles. The number of aromatic nitrogens is 3. The van der Waals surface area contributed by atoms with Crippen LogP contribution in [0.1, 0.15) is 16.9 Å². The van der Waals surface area contributed by atoms with Crippen LogP contribution in [0.25, 0.3) is 10.9 Å². The number of hydrogen-bond donors (Lipinski definition) is 2. The number of carbonyl (C=O) groups excluding carboxylic acids is 1. The van der Waals surface area contributed by atoms with Crippen molar-refractivity contribution in [3.05, 3.63) is 84.3 Å². The molecule has 0 atom stereocenters. The number of aromatic amines is 1. The number of hydrogen-bond acceptors (Lipinski definition) is 5. The maximum atomic E-state index is 12.7. The van der Waals surface area contributed by atoms with Gasteiger partial charge in [0.15, 0.2) is 9.90 Å². The van der Waals surface area contributed by atoms with Gasteiger partial charge in [-0.1, -0.05) is 47.5 Å². The average Bonchev–Trinajstić information content (AvgIpc) is 3.18. The minimum absolute atomic E-state index is 0.0881. The molecule has 0 radical (unpaired) electrons. The molecule has 2 aromatic carbocycles. The summed E-state index contributed by atoms with van der Waals surface area (Å²) in [6.45, 7) is 0.168. The summed E-state index contributed by atoms with van der Waals surface area (Å²) >= 11 is 18.9. The van der Waals surface area contributed by atoms with Crippen LogP contribution >= 0.6 is 46.8 Å². The Morgan fingerprint density at radius 3 is 2.84 bits per heavy atom. The van der Waals surface area contributed by atoms with E-state index in [0.29, 0.717) is 32.5 Å². The molecule has 0 saturated heterocycles. The Bertz CT molecular complexity index is 1390. The van der Waals surface area contributed by atoms with Gasteiger partial charge in [-0.05, 0) is 36.0 Å². The third-order valence-corrected chi connectivity index (χ3v) is 6.74. The zero-order valence-electron chi connectivity index (χ0n) is 16.0. The van der Waals surface area contributed by atoms with Gasteiger partial charge >= 0.3 is 0 Å². The number of fused-ring (bicyclic) bond motifs is 1. The van der Waals surface area contributed by atoms with Gasteiger partial charge in [0.05, 0.1) is 20.9 Å². The van der Waals surface area contributed by atoms with Crippen LogP contribution in [0.3, 0.4) is 0 Å². The second-order valence-corrected chi connectivity index (χ2v) is 9.04. The highest BCUT2D eigenvalue weighted by Gasteiger charge is 2.12. The van der Waals surface area contributed by atoms with Gasteiger partial charge in [-0.15, -0.1) is 11.3 Å². The number of carbonyl (C=O) groups is 1. The summed E-state index contributed by atoms with van der Waals surface area (Å²) in [5.74, 6) is -0.254. The topological polar surface area (TPSA) is 79.8 Å². The molecule has 0 saturated carbocycles. The van der Waals surface area contributed by atoms with Crippen molar-refractivity contribution in [3.8, 4) is 0 Å². The van der Waals surface area contributed by atoms with Gasteiger partial charge in [0.25, 0.3) is 5.56 Å².